The van der Waals surface area contributed by atoms with Crippen molar-refractivity contribution in [3.8, 4) is 0 Å². The average Bonchev–Trinajstić information content (AvgIpc) is 2.00. The van der Waals surface area contributed by atoms with E-state index in [9.17, 15) is 5.11 Å². The molecule has 0 spiro atoms. The fourth-order valence-electron chi connectivity index (χ4n) is 0.468. The second-order valence-corrected chi connectivity index (χ2v) is 3.09. The first-order valence-corrected chi connectivity index (χ1v) is 3.56. The van der Waals surface area contributed by atoms with E-state index >= 15 is 0 Å². The number of aliphatic hydroxyl groups is 3. The summed E-state index contributed by atoms with van der Waals surface area (Å²) in [5, 5.41) is 26.3. The third-order valence-corrected chi connectivity index (χ3v) is 1.44. The third kappa shape index (κ3) is 3.67. The van der Waals surface area contributed by atoms with Gasteiger partial charge in [-0.15, -0.1) is 0 Å². The van der Waals surface area contributed by atoms with Crippen LogP contribution in [0.15, 0.2) is 0 Å². The molecule has 68 valence electrons. The first-order chi connectivity index (χ1) is 5.04. The van der Waals surface area contributed by atoms with Crippen LogP contribution < -0.4 is 0 Å². The maximum Gasteiger partial charge on any atom is 0.161 e. The molecule has 0 saturated carbocycles. The Balaban J connectivity index is 3.71. The SMILES string of the molecule is CC(C)(CO)C(O)OCCO. The van der Waals surface area contributed by atoms with E-state index in [1.807, 2.05) is 0 Å². The molecule has 0 rings (SSSR count). The lowest BCUT2D eigenvalue weighted by Gasteiger charge is -2.27. The van der Waals surface area contributed by atoms with Crippen LogP contribution in [0.2, 0.25) is 0 Å². The van der Waals surface area contributed by atoms with Gasteiger partial charge in [0.1, 0.15) is 0 Å². The van der Waals surface area contributed by atoms with E-state index in [4.69, 9.17) is 14.9 Å². The van der Waals surface area contributed by atoms with Crippen LogP contribution in [0.4, 0.5) is 0 Å². The van der Waals surface area contributed by atoms with E-state index in [2.05, 4.69) is 0 Å². The Bertz CT molecular complexity index is 103. The van der Waals surface area contributed by atoms with Crippen molar-refractivity contribution < 1.29 is 20.1 Å². The highest BCUT2D eigenvalue weighted by atomic mass is 16.6. The lowest BCUT2D eigenvalue weighted by atomic mass is 9.94. The van der Waals surface area contributed by atoms with Gasteiger partial charge >= 0.3 is 0 Å². The molecule has 0 bridgehead atoms. The molecule has 0 saturated heterocycles. The van der Waals surface area contributed by atoms with Crippen LogP contribution >= 0.6 is 0 Å². The van der Waals surface area contributed by atoms with E-state index in [0.29, 0.717) is 0 Å². The quantitative estimate of drug-likeness (QED) is 0.471. The smallest absolute Gasteiger partial charge is 0.161 e. The average molecular weight is 164 g/mol. The van der Waals surface area contributed by atoms with Crippen LogP contribution in [0.25, 0.3) is 0 Å². The first kappa shape index (κ1) is 10.8. The van der Waals surface area contributed by atoms with Crippen molar-refractivity contribution in [2.45, 2.75) is 20.1 Å². The van der Waals surface area contributed by atoms with Crippen LogP contribution in [-0.4, -0.2) is 41.4 Å². The fourth-order valence-corrected chi connectivity index (χ4v) is 0.468. The molecule has 11 heavy (non-hydrogen) atoms. The van der Waals surface area contributed by atoms with Gasteiger partial charge in [-0.3, -0.25) is 0 Å². The summed E-state index contributed by atoms with van der Waals surface area (Å²) in [5.74, 6) is 0. The van der Waals surface area contributed by atoms with Crippen LogP contribution in [-0.2, 0) is 4.74 Å². The third-order valence-electron chi connectivity index (χ3n) is 1.44. The molecule has 1 unspecified atom stereocenters. The summed E-state index contributed by atoms with van der Waals surface area (Å²) in [5.41, 5.74) is -0.671. The maximum atomic E-state index is 9.21. The second kappa shape index (κ2) is 4.66. The molecule has 0 heterocycles. The summed E-state index contributed by atoms with van der Waals surface area (Å²) in [4.78, 5) is 0. The van der Waals surface area contributed by atoms with Gasteiger partial charge in [-0.25, -0.2) is 0 Å². The molecule has 0 aliphatic heterocycles. The molecule has 1 atom stereocenters. The molecule has 0 aliphatic carbocycles. The minimum Gasteiger partial charge on any atom is -0.396 e. The molecular weight excluding hydrogens is 148 g/mol. The molecular formula is C7H16O4. The summed E-state index contributed by atoms with van der Waals surface area (Å²) in [6.07, 6.45) is -1.03. The normalized spacial score (nSPS) is 15.0. The Kier molecular flexibility index (Phi) is 4.60. The van der Waals surface area contributed by atoms with Gasteiger partial charge in [-0.1, -0.05) is 13.8 Å². The molecule has 0 amide bonds. The highest BCUT2D eigenvalue weighted by molar-refractivity contribution is 4.69. The summed E-state index contributed by atoms with van der Waals surface area (Å²) < 4.78 is 4.79. The zero-order chi connectivity index (χ0) is 8.91. The Morgan fingerprint density at radius 3 is 2.27 bits per heavy atom. The molecule has 0 radical (unpaired) electrons. The second-order valence-electron chi connectivity index (χ2n) is 3.09. The number of aliphatic hydroxyl groups excluding tert-OH is 3. The van der Waals surface area contributed by atoms with Gasteiger partial charge in [0.05, 0.1) is 19.8 Å². The number of hydrogen-bond acceptors (Lipinski definition) is 4. The minimum absolute atomic E-state index is 0.0879. The van der Waals surface area contributed by atoms with Gasteiger partial charge in [0.2, 0.25) is 0 Å². The van der Waals surface area contributed by atoms with Crippen LogP contribution in [0.1, 0.15) is 13.8 Å². The van der Waals surface area contributed by atoms with E-state index in [1.165, 1.54) is 0 Å². The minimum atomic E-state index is -1.03. The highest BCUT2D eigenvalue weighted by Gasteiger charge is 2.27. The van der Waals surface area contributed by atoms with Crippen molar-refractivity contribution in [2.75, 3.05) is 19.8 Å². The van der Waals surface area contributed by atoms with E-state index < -0.39 is 11.7 Å². The van der Waals surface area contributed by atoms with Gasteiger partial charge in [-0.2, -0.15) is 0 Å². The highest BCUT2D eigenvalue weighted by Crippen LogP contribution is 2.19. The summed E-state index contributed by atoms with van der Waals surface area (Å²) in [6.45, 7) is 3.16. The first-order valence-electron chi connectivity index (χ1n) is 3.56. The standard InChI is InChI=1S/C7H16O4/c1-7(2,5-9)6(10)11-4-3-8/h6,8-10H,3-5H2,1-2H3. The van der Waals surface area contributed by atoms with Crippen molar-refractivity contribution in [3.05, 3.63) is 0 Å². The Hall–Kier alpha value is -0.160. The van der Waals surface area contributed by atoms with Crippen molar-refractivity contribution in [3.63, 3.8) is 0 Å². The van der Waals surface area contributed by atoms with Gasteiger partial charge in [0.15, 0.2) is 6.29 Å². The molecule has 4 heteroatoms. The molecule has 4 nitrogen and oxygen atoms in total. The van der Waals surface area contributed by atoms with Crippen molar-refractivity contribution in [1.82, 2.24) is 0 Å². The summed E-state index contributed by atoms with van der Waals surface area (Å²) in [7, 11) is 0. The van der Waals surface area contributed by atoms with Gasteiger partial charge in [-0.05, 0) is 0 Å². The molecule has 0 aromatic heterocycles. The molecule has 0 aliphatic rings. The van der Waals surface area contributed by atoms with Crippen molar-refractivity contribution in [1.29, 1.82) is 0 Å². The molecule has 0 aromatic rings. The predicted octanol–water partition coefficient (Wildman–Crippen LogP) is -0.668. The Morgan fingerprint density at radius 2 is 1.91 bits per heavy atom. The maximum absolute atomic E-state index is 9.21. The van der Waals surface area contributed by atoms with Crippen LogP contribution in [0.5, 0.6) is 0 Å². The molecule has 0 aromatic carbocycles. The molecule has 3 N–H and O–H groups in total. The lowest BCUT2D eigenvalue weighted by molar-refractivity contribution is -0.179. The van der Waals surface area contributed by atoms with Gasteiger partial charge in [0.25, 0.3) is 0 Å². The largest absolute Gasteiger partial charge is 0.396 e. The zero-order valence-electron chi connectivity index (χ0n) is 6.95. The Morgan fingerprint density at radius 1 is 1.36 bits per heavy atom. The fraction of sp³-hybridized carbons (Fsp3) is 1.00. The molecule has 0 fully saturated rings. The lowest BCUT2D eigenvalue weighted by Crippen LogP contribution is -2.35. The Labute approximate surface area is 66.4 Å². The van der Waals surface area contributed by atoms with Crippen LogP contribution in [0, 0.1) is 5.41 Å². The number of hydrogen-bond donors (Lipinski definition) is 3. The monoisotopic (exact) mass is 164 g/mol. The van der Waals surface area contributed by atoms with Crippen molar-refractivity contribution >= 4 is 0 Å². The van der Waals surface area contributed by atoms with E-state index in [-0.39, 0.29) is 19.8 Å². The summed E-state index contributed by atoms with van der Waals surface area (Å²) >= 11 is 0. The zero-order valence-corrected chi connectivity index (χ0v) is 6.95. The summed E-state index contributed by atoms with van der Waals surface area (Å²) in [6, 6.07) is 0. The van der Waals surface area contributed by atoms with E-state index in [0.717, 1.165) is 0 Å². The topological polar surface area (TPSA) is 69.9 Å². The predicted molar refractivity (Wildman–Crippen MR) is 39.9 cm³/mol. The van der Waals surface area contributed by atoms with Crippen molar-refractivity contribution in [2.24, 2.45) is 5.41 Å². The van der Waals surface area contributed by atoms with Gasteiger partial charge < -0.3 is 20.1 Å². The number of rotatable bonds is 5. The van der Waals surface area contributed by atoms with Crippen LogP contribution in [0.3, 0.4) is 0 Å². The van der Waals surface area contributed by atoms with Gasteiger partial charge in [0, 0.05) is 5.41 Å². The van der Waals surface area contributed by atoms with E-state index in [1.54, 1.807) is 13.8 Å². The number of ether oxygens (including phenoxy) is 1.